The third-order valence-electron chi connectivity index (χ3n) is 4.61. The predicted molar refractivity (Wildman–Crippen MR) is 97.0 cm³/mol. The largest absolute Gasteiger partial charge is 0.354 e. The highest BCUT2D eigenvalue weighted by Crippen LogP contribution is 2.34. The summed E-state index contributed by atoms with van der Waals surface area (Å²) in [7, 11) is 0. The predicted octanol–water partition coefficient (Wildman–Crippen LogP) is 2.15. The van der Waals surface area contributed by atoms with Crippen molar-refractivity contribution >= 4 is 29.5 Å². The van der Waals surface area contributed by atoms with Gasteiger partial charge in [0, 0.05) is 17.2 Å². The second-order valence-electron chi connectivity index (χ2n) is 6.43. The van der Waals surface area contributed by atoms with Crippen LogP contribution < -0.4 is 5.32 Å². The van der Waals surface area contributed by atoms with Crippen LogP contribution in [-0.4, -0.2) is 41.5 Å². The van der Waals surface area contributed by atoms with E-state index in [0.29, 0.717) is 19.4 Å². The zero-order valence-electron chi connectivity index (χ0n) is 14.2. The van der Waals surface area contributed by atoms with Crippen LogP contribution in [0.3, 0.4) is 0 Å². The summed E-state index contributed by atoms with van der Waals surface area (Å²) in [6.45, 7) is 2.38. The Hall–Kier alpha value is -2.08. The van der Waals surface area contributed by atoms with E-state index in [2.05, 4.69) is 29.6 Å². The van der Waals surface area contributed by atoms with E-state index in [9.17, 15) is 14.4 Å². The van der Waals surface area contributed by atoms with Gasteiger partial charge in [0.15, 0.2) is 0 Å². The molecule has 0 bridgehead atoms. The summed E-state index contributed by atoms with van der Waals surface area (Å²) >= 11 is 1.66. The van der Waals surface area contributed by atoms with E-state index < -0.39 is 0 Å². The van der Waals surface area contributed by atoms with Crippen molar-refractivity contribution < 1.29 is 14.4 Å². The Morgan fingerprint density at radius 2 is 1.72 bits per heavy atom. The molecule has 2 atom stereocenters. The van der Waals surface area contributed by atoms with Gasteiger partial charge in [-0.1, -0.05) is 29.8 Å². The summed E-state index contributed by atoms with van der Waals surface area (Å²) < 4.78 is 0. The molecule has 3 rings (SSSR count). The van der Waals surface area contributed by atoms with Crippen LogP contribution in [0.25, 0.3) is 0 Å². The van der Waals surface area contributed by atoms with Crippen LogP contribution in [0.4, 0.5) is 0 Å². The Kier molecular flexibility index (Phi) is 5.58. The molecule has 1 heterocycles. The van der Waals surface area contributed by atoms with Gasteiger partial charge in [-0.3, -0.25) is 19.3 Å². The van der Waals surface area contributed by atoms with Crippen molar-refractivity contribution in [3.8, 4) is 0 Å². The summed E-state index contributed by atoms with van der Waals surface area (Å²) in [5, 5.41) is 2.79. The van der Waals surface area contributed by atoms with E-state index in [0.717, 1.165) is 15.5 Å². The minimum absolute atomic E-state index is 0.167. The number of fused-ring (bicyclic) bond motifs is 1. The molecule has 2 aliphatic rings. The first-order valence-electron chi connectivity index (χ1n) is 8.52. The number of hydrogen-bond donors (Lipinski definition) is 1. The van der Waals surface area contributed by atoms with Gasteiger partial charge >= 0.3 is 0 Å². The molecule has 0 saturated carbocycles. The number of rotatable bonds is 6. The summed E-state index contributed by atoms with van der Waals surface area (Å²) in [6, 6.07) is 8.22. The fourth-order valence-electron chi connectivity index (χ4n) is 3.22. The number of hydrogen-bond acceptors (Lipinski definition) is 4. The quantitative estimate of drug-likeness (QED) is 0.366. The number of nitrogens with zero attached hydrogens (tertiary/aromatic N) is 1. The molecule has 1 aromatic carbocycles. The molecule has 25 heavy (non-hydrogen) atoms. The molecule has 5 nitrogen and oxygen atoms in total. The fraction of sp³-hybridized carbons (Fsp3) is 0.421. The maximum atomic E-state index is 12.3. The number of imide groups is 1. The number of carbonyl (C=O) groups is 3. The molecule has 0 radical (unpaired) electrons. The average molecular weight is 358 g/mol. The van der Waals surface area contributed by atoms with Crippen molar-refractivity contribution in [2.75, 3.05) is 18.8 Å². The van der Waals surface area contributed by atoms with Gasteiger partial charge in [-0.15, -0.1) is 11.8 Å². The first-order chi connectivity index (χ1) is 12.1. The van der Waals surface area contributed by atoms with Crippen molar-refractivity contribution in [1.29, 1.82) is 0 Å². The standard InChI is InChI=1S/C19H22N2O3S/c1-13-6-8-14(9-7-13)25-11-10-20-17(22)12-21-18(23)15-4-2-3-5-16(15)19(21)24/h2-3,6-9,15-16H,4-5,10-12H2,1H3,(H,20,22)/t15-,16+. The van der Waals surface area contributed by atoms with Crippen molar-refractivity contribution in [3.63, 3.8) is 0 Å². The molecule has 1 N–H and O–H groups in total. The van der Waals surface area contributed by atoms with Crippen LogP contribution in [0.5, 0.6) is 0 Å². The first kappa shape index (κ1) is 17.7. The minimum Gasteiger partial charge on any atom is -0.354 e. The molecule has 1 aromatic rings. The van der Waals surface area contributed by atoms with E-state index in [1.54, 1.807) is 11.8 Å². The number of nitrogens with one attached hydrogen (secondary N) is 1. The Labute approximate surface area is 151 Å². The second-order valence-corrected chi connectivity index (χ2v) is 7.60. The summed E-state index contributed by atoms with van der Waals surface area (Å²) in [5.74, 6) is -0.499. The molecular weight excluding hydrogens is 336 g/mol. The van der Waals surface area contributed by atoms with Crippen LogP contribution in [0.2, 0.25) is 0 Å². The van der Waals surface area contributed by atoms with E-state index in [1.807, 2.05) is 19.1 Å². The molecule has 3 amide bonds. The highest BCUT2D eigenvalue weighted by atomic mass is 32.2. The molecule has 1 fully saturated rings. The average Bonchev–Trinajstić information content (AvgIpc) is 2.86. The molecule has 0 aromatic heterocycles. The third kappa shape index (κ3) is 4.12. The minimum atomic E-state index is -0.280. The molecule has 6 heteroatoms. The number of aryl methyl sites for hydroxylation is 1. The van der Waals surface area contributed by atoms with Gasteiger partial charge in [-0.2, -0.15) is 0 Å². The van der Waals surface area contributed by atoms with Crippen molar-refractivity contribution in [2.24, 2.45) is 11.8 Å². The second kappa shape index (κ2) is 7.87. The molecule has 0 spiro atoms. The van der Waals surface area contributed by atoms with Crippen LogP contribution in [-0.2, 0) is 14.4 Å². The molecular formula is C19H22N2O3S. The van der Waals surface area contributed by atoms with Crippen LogP contribution in [0.1, 0.15) is 18.4 Å². The maximum Gasteiger partial charge on any atom is 0.240 e. The lowest BCUT2D eigenvalue weighted by molar-refractivity contribution is -0.143. The maximum absolute atomic E-state index is 12.3. The Balaban J connectivity index is 1.42. The van der Waals surface area contributed by atoms with Crippen LogP contribution in [0.15, 0.2) is 41.3 Å². The van der Waals surface area contributed by atoms with Gasteiger partial charge in [-0.25, -0.2) is 0 Å². The van der Waals surface area contributed by atoms with E-state index in [-0.39, 0.29) is 36.1 Å². The molecule has 1 aliphatic heterocycles. The molecule has 1 aliphatic carbocycles. The van der Waals surface area contributed by atoms with Crippen LogP contribution >= 0.6 is 11.8 Å². The van der Waals surface area contributed by atoms with E-state index in [1.165, 1.54) is 5.56 Å². The van der Waals surface area contributed by atoms with Gasteiger partial charge in [0.2, 0.25) is 17.7 Å². The normalized spacial score (nSPS) is 22.2. The van der Waals surface area contributed by atoms with Crippen molar-refractivity contribution in [2.45, 2.75) is 24.7 Å². The Morgan fingerprint density at radius 1 is 1.12 bits per heavy atom. The SMILES string of the molecule is Cc1ccc(SCCNC(=O)CN2C(=O)[C@H]3CC=CC[C@H]3C2=O)cc1. The molecule has 0 unspecified atom stereocenters. The van der Waals surface area contributed by atoms with Crippen LogP contribution in [0, 0.1) is 18.8 Å². The van der Waals surface area contributed by atoms with Gasteiger partial charge in [0.05, 0.1) is 11.8 Å². The van der Waals surface area contributed by atoms with Crippen molar-refractivity contribution in [1.82, 2.24) is 10.2 Å². The lowest BCUT2D eigenvalue weighted by atomic mass is 9.85. The van der Waals surface area contributed by atoms with Gasteiger partial charge in [0.1, 0.15) is 6.54 Å². The lowest BCUT2D eigenvalue weighted by Gasteiger charge is -2.14. The third-order valence-corrected chi connectivity index (χ3v) is 5.63. The van der Waals surface area contributed by atoms with Crippen molar-refractivity contribution in [3.05, 3.63) is 42.0 Å². The number of benzene rings is 1. The van der Waals surface area contributed by atoms with Gasteiger partial charge < -0.3 is 5.32 Å². The Bertz CT molecular complexity index is 673. The summed E-state index contributed by atoms with van der Waals surface area (Å²) in [6.07, 6.45) is 5.08. The number of thioether (sulfide) groups is 1. The van der Waals surface area contributed by atoms with Gasteiger partial charge in [0.25, 0.3) is 0 Å². The fourth-order valence-corrected chi connectivity index (χ4v) is 3.99. The summed E-state index contributed by atoms with van der Waals surface area (Å²) in [5.41, 5.74) is 1.22. The smallest absolute Gasteiger partial charge is 0.240 e. The number of carbonyl (C=O) groups excluding carboxylic acids is 3. The zero-order chi connectivity index (χ0) is 17.8. The lowest BCUT2D eigenvalue weighted by Crippen LogP contribution is -2.41. The number of amides is 3. The van der Waals surface area contributed by atoms with Gasteiger partial charge in [-0.05, 0) is 31.9 Å². The van der Waals surface area contributed by atoms with E-state index in [4.69, 9.17) is 0 Å². The molecule has 1 saturated heterocycles. The highest BCUT2D eigenvalue weighted by Gasteiger charge is 2.47. The monoisotopic (exact) mass is 358 g/mol. The highest BCUT2D eigenvalue weighted by molar-refractivity contribution is 7.99. The Morgan fingerprint density at radius 3 is 2.32 bits per heavy atom. The molecule has 132 valence electrons. The number of allylic oxidation sites excluding steroid dienone is 2. The first-order valence-corrected chi connectivity index (χ1v) is 9.51. The zero-order valence-corrected chi connectivity index (χ0v) is 15.1. The topological polar surface area (TPSA) is 66.5 Å². The summed E-state index contributed by atoms with van der Waals surface area (Å²) in [4.78, 5) is 39.0. The number of likely N-dealkylation sites (tertiary alicyclic amines) is 1. The van der Waals surface area contributed by atoms with E-state index >= 15 is 0 Å².